The van der Waals surface area contributed by atoms with E-state index < -0.39 is 0 Å². The molecule has 1 atom stereocenters. The third-order valence-corrected chi connectivity index (χ3v) is 3.70. The Morgan fingerprint density at radius 3 is 2.58 bits per heavy atom. The lowest BCUT2D eigenvalue weighted by molar-refractivity contribution is 0.184. The van der Waals surface area contributed by atoms with Crippen molar-refractivity contribution in [2.75, 3.05) is 7.11 Å². The first-order valence-electron chi connectivity index (χ1n) is 6.23. The van der Waals surface area contributed by atoms with E-state index in [4.69, 9.17) is 4.74 Å². The second kappa shape index (κ2) is 6.27. The Morgan fingerprint density at radius 1 is 1.16 bits per heavy atom. The number of hydrogen-bond acceptors (Lipinski definition) is 1. The maximum absolute atomic E-state index is 14.1. The van der Waals surface area contributed by atoms with Crippen LogP contribution in [0.5, 0.6) is 0 Å². The number of rotatable bonds is 4. The number of aryl methyl sites for hydroxylation is 1. The molecule has 1 unspecified atom stereocenters. The van der Waals surface area contributed by atoms with Crippen molar-refractivity contribution in [1.29, 1.82) is 0 Å². The molecule has 0 fully saturated rings. The highest BCUT2D eigenvalue weighted by atomic mass is 31.0. The molecule has 2 aromatic carbocycles. The summed E-state index contributed by atoms with van der Waals surface area (Å²) in [6.45, 7) is 2.58. The summed E-state index contributed by atoms with van der Waals surface area (Å²) in [6, 6.07) is 11.4. The molecule has 0 heterocycles. The molecule has 0 bridgehead atoms. The lowest BCUT2D eigenvalue weighted by atomic mass is 9.99. The van der Waals surface area contributed by atoms with Crippen molar-refractivity contribution in [2.45, 2.75) is 19.7 Å². The number of ether oxygens (including phenoxy) is 1. The molecule has 0 aliphatic rings. The molecule has 1 nitrogen and oxygen atoms in total. The van der Waals surface area contributed by atoms with Crippen LogP contribution in [0.1, 0.15) is 16.7 Å². The molecule has 0 spiro atoms. The van der Waals surface area contributed by atoms with Gasteiger partial charge in [-0.15, -0.1) is 9.24 Å². The predicted molar refractivity (Wildman–Crippen MR) is 80.7 cm³/mol. The summed E-state index contributed by atoms with van der Waals surface area (Å²) in [5, 5.41) is 0. The molecule has 100 valence electrons. The molecule has 0 aromatic heterocycles. The van der Waals surface area contributed by atoms with Gasteiger partial charge in [-0.25, -0.2) is 4.39 Å². The van der Waals surface area contributed by atoms with E-state index in [2.05, 4.69) is 9.24 Å². The average Bonchev–Trinajstić information content (AvgIpc) is 2.41. The summed E-state index contributed by atoms with van der Waals surface area (Å²) < 4.78 is 19.3. The van der Waals surface area contributed by atoms with Crippen molar-refractivity contribution in [3.05, 3.63) is 58.9 Å². The predicted octanol–water partition coefficient (Wildman–Crippen LogP) is 4.32. The molecule has 19 heavy (non-hydrogen) atoms. The van der Waals surface area contributed by atoms with Crippen molar-refractivity contribution >= 4 is 9.24 Å². The first-order chi connectivity index (χ1) is 9.15. The number of benzene rings is 2. The van der Waals surface area contributed by atoms with Gasteiger partial charge in [-0.05, 0) is 47.5 Å². The molecular weight excluding hydrogens is 258 g/mol. The second-order valence-corrected chi connectivity index (χ2v) is 5.00. The van der Waals surface area contributed by atoms with Crippen LogP contribution in [-0.2, 0) is 17.5 Å². The molecule has 2 aromatic rings. The smallest absolute Gasteiger partial charge is 0.131 e. The van der Waals surface area contributed by atoms with Gasteiger partial charge < -0.3 is 4.74 Å². The molecule has 0 saturated heterocycles. The number of hydrogen-bond donors (Lipinski definition) is 0. The summed E-state index contributed by atoms with van der Waals surface area (Å²) in [5.74, 6) is -0.174. The first-order valence-corrected chi connectivity index (χ1v) is 7.04. The minimum Gasteiger partial charge on any atom is -0.380 e. The van der Waals surface area contributed by atoms with Gasteiger partial charge in [0.05, 0.1) is 6.61 Å². The summed E-state index contributed by atoms with van der Waals surface area (Å²) in [4.78, 5) is 0. The molecular formula is C16H18FOP. The highest BCUT2D eigenvalue weighted by Gasteiger charge is 2.08. The number of methoxy groups -OCH3 is 1. The molecule has 0 saturated carbocycles. The maximum atomic E-state index is 14.1. The van der Waals surface area contributed by atoms with E-state index in [1.54, 1.807) is 13.2 Å². The Hall–Kier alpha value is -1.24. The first kappa shape index (κ1) is 14.2. The van der Waals surface area contributed by atoms with Gasteiger partial charge >= 0.3 is 0 Å². The fourth-order valence-electron chi connectivity index (χ4n) is 2.07. The zero-order valence-electron chi connectivity index (χ0n) is 11.2. The third kappa shape index (κ3) is 3.20. The molecule has 3 heteroatoms. The van der Waals surface area contributed by atoms with Crippen LogP contribution in [0.3, 0.4) is 0 Å². The summed E-state index contributed by atoms with van der Waals surface area (Å²) in [6.07, 6.45) is 0.764. The van der Waals surface area contributed by atoms with Gasteiger partial charge in [0.25, 0.3) is 0 Å². The van der Waals surface area contributed by atoms with Crippen LogP contribution in [0.4, 0.5) is 4.39 Å². The summed E-state index contributed by atoms with van der Waals surface area (Å²) >= 11 is 0. The number of halogens is 1. The van der Waals surface area contributed by atoms with Crippen LogP contribution < -0.4 is 0 Å². The zero-order chi connectivity index (χ0) is 13.8. The average molecular weight is 276 g/mol. The third-order valence-electron chi connectivity index (χ3n) is 3.23. The van der Waals surface area contributed by atoms with E-state index >= 15 is 0 Å². The van der Waals surface area contributed by atoms with Crippen LogP contribution in [0, 0.1) is 12.7 Å². The van der Waals surface area contributed by atoms with Crippen molar-refractivity contribution in [1.82, 2.24) is 0 Å². The summed E-state index contributed by atoms with van der Waals surface area (Å²) in [7, 11) is 4.27. The van der Waals surface area contributed by atoms with Crippen LogP contribution in [0.2, 0.25) is 0 Å². The minimum atomic E-state index is -0.174. The topological polar surface area (TPSA) is 9.23 Å². The van der Waals surface area contributed by atoms with Crippen LogP contribution in [0.25, 0.3) is 11.1 Å². The van der Waals surface area contributed by atoms with E-state index in [-0.39, 0.29) is 5.82 Å². The highest BCUT2D eigenvalue weighted by Crippen LogP contribution is 2.26. The molecule has 0 amide bonds. The standard InChI is InChI=1S/C16H18FOP/c1-11-3-5-13(8-14(11)9-18-2)15-6-4-12(10-19)7-16(15)17/h3-8H,9-10,19H2,1-2H3. The Morgan fingerprint density at radius 2 is 1.95 bits per heavy atom. The Labute approximate surface area is 116 Å². The van der Waals surface area contributed by atoms with Crippen molar-refractivity contribution in [2.24, 2.45) is 0 Å². The normalized spacial score (nSPS) is 10.7. The molecule has 0 aliphatic carbocycles. The van der Waals surface area contributed by atoms with Gasteiger partial charge in [-0.2, -0.15) is 0 Å². The fraction of sp³-hybridized carbons (Fsp3) is 0.250. The molecule has 0 aliphatic heterocycles. The SMILES string of the molecule is COCc1cc(-c2ccc(CP)cc2F)ccc1C. The van der Waals surface area contributed by atoms with E-state index in [0.717, 1.165) is 28.4 Å². The van der Waals surface area contributed by atoms with Gasteiger partial charge in [-0.1, -0.05) is 24.3 Å². The zero-order valence-corrected chi connectivity index (χ0v) is 12.4. The van der Waals surface area contributed by atoms with Crippen LogP contribution in [0.15, 0.2) is 36.4 Å². The van der Waals surface area contributed by atoms with E-state index in [1.807, 2.05) is 37.3 Å². The van der Waals surface area contributed by atoms with Crippen molar-refractivity contribution in [3.8, 4) is 11.1 Å². The molecule has 2 rings (SSSR count). The van der Waals surface area contributed by atoms with Gasteiger partial charge in [-0.3, -0.25) is 0 Å². The van der Waals surface area contributed by atoms with Crippen molar-refractivity contribution in [3.63, 3.8) is 0 Å². The van der Waals surface area contributed by atoms with E-state index in [1.165, 1.54) is 0 Å². The largest absolute Gasteiger partial charge is 0.380 e. The van der Waals surface area contributed by atoms with E-state index in [0.29, 0.717) is 12.2 Å². The Balaban J connectivity index is 2.44. The monoisotopic (exact) mass is 276 g/mol. The van der Waals surface area contributed by atoms with E-state index in [9.17, 15) is 4.39 Å². The van der Waals surface area contributed by atoms with Crippen LogP contribution >= 0.6 is 9.24 Å². The van der Waals surface area contributed by atoms with Gasteiger partial charge in [0.15, 0.2) is 0 Å². The molecule has 0 radical (unpaired) electrons. The minimum absolute atomic E-state index is 0.174. The van der Waals surface area contributed by atoms with Gasteiger partial charge in [0, 0.05) is 12.7 Å². The summed E-state index contributed by atoms with van der Waals surface area (Å²) in [5.41, 5.74) is 4.77. The lowest BCUT2D eigenvalue weighted by Gasteiger charge is -2.10. The van der Waals surface area contributed by atoms with Crippen LogP contribution in [-0.4, -0.2) is 7.11 Å². The lowest BCUT2D eigenvalue weighted by Crippen LogP contribution is -1.94. The quantitative estimate of drug-likeness (QED) is 0.755. The maximum Gasteiger partial charge on any atom is 0.131 e. The fourth-order valence-corrected chi connectivity index (χ4v) is 2.32. The second-order valence-electron chi connectivity index (χ2n) is 4.59. The van der Waals surface area contributed by atoms with Gasteiger partial charge in [0.1, 0.15) is 5.82 Å². The van der Waals surface area contributed by atoms with Gasteiger partial charge in [0.2, 0.25) is 0 Å². The highest BCUT2D eigenvalue weighted by molar-refractivity contribution is 7.15. The Kier molecular flexibility index (Phi) is 4.68. The Bertz CT molecular complexity index is 581. The van der Waals surface area contributed by atoms with Crippen molar-refractivity contribution < 1.29 is 9.13 Å². The molecule has 0 N–H and O–H groups in total.